The number of rotatable bonds is 2. The van der Waals surface area contributed by atoms with Crippen molar-refractivity contribution in [2.45, 2.75) is 38.5 Å². The zero-order valence-corrected chi connectivity index (χ0v) is 41.6. The number of para-hydroxylation sites is 1. The lowest BCUT2D eigenvalue weighted by Gasteiger charge is -2.40. The minimum absolute atomic E-state index is 0.670. The second-order valence-electron chi connectivity index (χ2n) is 21.3. The molecule has 352 valence electrons. The van der Waals surface area contributed by atoms with Crippen LogP contribution in [0.5, 0.6) is 11.5 Å². The summed E-state index contributed by atoms with van der Waals surface area (Å²) in [5.74, 6) is 1.59. The third-order valence-corrected chi connectivity index (χ3v) is 17.2. The third-order valence-electron chi connectivity index (χ3n) is 17.2. The second kappa shape index (κ2) is 14.2. The maximum absolute atomic E-state index is 7.39. The van der Waals surface area contributed by atoms with E-state index in [1.165, 1.54) is 54.9 Å². The molecule has 7 heteroatoms. The Bertz CT molecular complexity index is 4430. The molecule has 0 saturated carbocycles. The fraction of sp³-hybridized carbons (Fsp3) is 0.0882. The Balaban J connectivity index is 1.01. The molecule has 75 heavy (non-hydrogen) atoms. The van der Waals surface area contributed by atoms with E-state index in [1.54, 1.807) is 0 Å². The molecule has 0 radical (unpaired) electrons. The number of hydrogen-bond donors (Lipinski definition) is 0. The number of ether oxygens (including phenoxy) is 1. The fourth-order valence-corrected chi connectivity index (χ4v) is 14.2. The molecule has 0 bridgehead atoms. The molecule has 1 aliphatic heterocycles. The van der Waals surface area contributed by atoms with Gasteiger partial charge >= 0.3 is 0 Å². The van der Waals surface area contributed by atoms with Crippen LogP contribution >= 0.6 is 0 Å². The summed E-state index contributed by atoms with van der Waals surface area (Å²) in [5, 5.41) is 4.89. The first-order valence-electron chi connectivity index (χ1n) is 25.8. The van der Waals surface area contributed by atoms with Crippen LogP contribution in [0, 0.1) is 27.7 Å². The van der Waals surface area contributed by atoms with Gasteiger partial charge in [-0.3, -0.25) is 19.9 Å². The van der Waals surface area contributed by atoms with E-state index in [9.17, 15) is 0 Å². The largest absolute Gasteiger partial charge is 0.457 e. The molecule has 7 heterocycles. The van der Waals surface area contributed by atoms with Gasteiger partial charge in [0.2, 0.25) is 0 Å². The Morgan fingerprint density at radius 3 is 1.29 bits per heavy atom. The summed E-state index contributed by atoms with van der Waals surface area (Å²) in [4.78, 5) is 21.2. The molecule has 0 fully saturated rings. The van der Waals surface area contributed by atoms with Gasteiger partial charge in [0.05, 0.1) is 79.4 Å². The summed E-state index contributed by atoms with van der Waals surface area (Å²) >= 11 is 0. The van der Waals surface area contributed by atoms with Crippen LogP contribution in [0.1, 0.15) is 66.8 Å². The lowest BCUT2D eigenvalue weighted by molar-refractivity contribution is 0.435. The predicted molar refractivity (Wildman–Crippen MR) is 299 cm³/mol. The zero-order valence-electron chi connectivity index (χ0n) is 41.6. The molecule has 0 N–H and O–H groups in total. The van der Waals surface area contributed by atoms with Crippen LogP contribution < -0.4 is 4.74 Å². The van der Waals surface area contributed by atoms with Crippen molar-refractivity contribution in [3.05, 3.63) is 261 Å². The standard InChI is InChI=1S/C68H44N6O/c1-37-17-21-57-45(27-37)46-28-38(2)18-22-58(46)73(57)41-31-55-65(71-35-41)66-56(32-42(36-72-66)74-59-23-19-39(3)29-47(59)48-30-40(4)20-24-60(48)74)68(55)50-13-7-8-16-61(50)75-62-34-53-44(33-54(62)68)43-11-5-6-12-49(43)67(53)51-14-9-25-69-63(51)64-52(67)15-10-26-70-64/h5-36H,1-4H3. The number of aromatic nitrogens is 6. The molecule has 0 saturated heterocycles. The molecule has 7 aromatic carbocycles. The number of aryl methyl sites for hydroxylation is 4. The van der Waals surface area contributed by atoms with Crippen LogP contribution in [0.3, 0.4) is 0 Å². The Hall–Kier alpha value is -9.46. The summed E-state index contributed by atoms with van der Waals surface area (Å²) < 4.78 is 12.2. The van der Waals surface area contributed by atoms with Crippen molar-refractivity contribution in [1.82, 2.24) is 29.1 Å². The number of fused-ring (bicyclic) bond motifs is 25. The molecule has 7 nitrogen and oxygen atoms in total. The predicted octanol–water partition coefficient (Wildman–Crippen LogP) is 15.5. The summed E-state index contributed by atoms with van der Waals surface area (Å²) in [6, 6.07) is 63.0. The highest BCUT2D eigenvalue weighted by molar-refractivity contribution is 6.11. The SMILES string of the molecule is Cc1ccc2c(c1)c1cc(C)ccc1n2-c1cnc2c(c1)C1(c3ccccc3Oc3cc4c(cc31)-c1ccccc1C41c3cccnc3-c3ncccc31)c1cc(-n3c4ccc(C)cc4c4cc(C)ccc43)cnc1-2. The van der Waals surface area contributed by atoms with Gasteiger partial charge in [0.25, 0.3) is 0 Å². The molecule has 0 atom stereocenters. The fourth-order valence-electron chi connectivity index (χ4n) is 14.2. The normalized spacial score (nSPS) is 14.5. The third kappa shape index (κ3) is 5.01. The molecule has 0 amide bonds. The Labute approximate surface area is 432 Å². The van der Waals surface area contributed by atoms with Crippen molar-refractivity contribution < 1.29 is 4.74 Å². The van der Waals surface area contributed by atoms with Crippen molar-refractivity contribution in [1.29, 1.82) is 0 Å². The van der Waals surface area contributed by atoms with E-state index >= 15 is 0 Å². The topological polar surface area (TPSA) is 70.7 Å². The first-order chi connectivity index (χ1) is 36.8. The van der Waals surface area contributed by atoms with Crippen molar-refractivity contribution in [3.63, 3.8) is 0 Å². The van der Waals surface area contributed by atoms with Crippen molar-refractivity contribution in [3.8, 4) is 56.8 Å². The van der Waals surface area contributed by atoms with E-state index in [0.29, 0.717) is 0 Å². The van der Waals surface area contributed by atoms with E-state index in [4.69, 9.17) is 24.7 Å². The van der Waals surface area contributed by atoms with E-state index in [1.807, 2.05) is 12.4 Å². The molecule has 17 rings (SSSR count). The molecule has 0 unspecified atom stereocenters. The molecule has 6 aromatic heterocycles. The first-order valence-corrected chi connectivity index (χ1v) is 25.8. The van der Waals surface area contributed by atoms with Gasteiger partial charge < -0.3 is 13.9 Å². The summed E-state index contributed by atoms with van der Waals surface area (Å²) in [6.07, 6.45) is 7.88. The maximum atomic E-state index is 7.39. The van der Waals surface area contributed by atoms with Gasteiger partial charge in [0.15, 0.2) is 0 Å². The minimum atomic E-state index is -0.937. The highest BCUT2D eigenvalue weighted by atomic mass is 16.5. The van der Waals surface area contributed by atoms with Crippen LogP contribution in [0.2, 0.25) is 0 Å². The second-order valence-corrected chi connectivity index (χ2v) is 21.3. The lowest BCUT2D eigenvalue weighted by Crippen LogP contribution is -2.33. The Kier molecular flexibility index (Phi) is 7.77. The number of nitrogens with zero attached hydrogens (tertiary/aromatic N) is 6. The average Bonchev–Trinajstić information content (AvgIpc) is 4.20. The summed E-state index contributed by atoms with van der Waals surface area (Å²) in [6.45, 7) is 8.70. The lowest BCUT2D eigenvalue weighted by atomic mass is 9.65. The summed E-state index contributed by atoms with van der Waals surface area (Å²) in [5.41, 5.74) is 24.5. The van der Waals surface area contributed by atoms with Gasteiger partial charge in [-0.25, -0.2) is 0 Å². The monoisotopic (exact) mass is 960 g/mol. The van der Waals surface area contributed by atoms with Crippen molar-refractivity contribution >= 4 is 43.6 Å². The van der Waals surface area contributed by atoms with Gasteiger partial charge in [-0.05, 0) is 152 Å². The number of pyridine rings is 4. The molecular formula is C68H44N6O. The summed E-state index contributed by atoms with van der Waals surface area (Å²) in [7, 11) is 0. The van der Waals surface area contributed by atoms with Crippen molar-refractivity contribution in [2.75, 3.05) is 0 Å². The van der Waals surface area contributed by atoms with Crippen LogP contribution in [0.4, 0.5) is 0 Å². The smallest absolute Gasteiger partial charge is 0.132 e. The molecule has 3 aliphatic carbocycles. The Morgan fingerprint density at radius 1 is 0.333 bits per heavy atom. The van der Waals surface area contributed by atoms with Crippen LogP contribution in [-0.4, -0.2) is 29.1 Å². The first kappa shape index (κ1) is 41.1. The highest BCUT2D eigenvalue weighted by Crippen LogP contribution is 2.67. The van der Waals surface area contributed by atoms with Gasteiger partial charge in [-0.15, -0.1) is 0 Å². The molecular weight excluding hydrogens is 917 g/mol. The van der Waals surface area contributed by atoms with Crippen LogP contribution in [0.25, 0.3) is 88.9 Å². The maximum Gasteiger partial charge on any atom is 0.132 e. The highest BCUT2D eigenvalue weighted by Gasteiger charge is 2.57. The number of benzene rings is 7. The quantitative estimate of drug-likeness (QED) is 0.173. The van der Waals surface area contributed by atoms with E-state index in [0.717, 1.165) is 112 Å². The van der Waals surface area contributed by atoms with E-state index in [2.05, 4.69) is 219 Å². The molecule has 2 spiro atoms. The van der Waals surface area contributed by atoms with Gasteiger partial charge in [0.1, 0.15) is 11.5 Å². The molecule has 13 aromatic rings. The average molecular weight is 961 g/mol. The zero-order chi connectivity index (χ0) is 49.6. The van der Waals surface area contributed by atoms with Crippen LogP contribution in [0.15, 0.2) is 195 Å². The molecule has 4 aliphatic rings. The van der Waals surface area contributed by atoms with Crippen LogP contribution in [-0.2, 0) is 10.8 Å². The van der Waals surface area contributed by atoms with Gasteiger partial charge in [-0.2, -0.15) is 0 Å². The van der Waals surface area contributed by atoms with E-state index < -0.39 is 10.8 Å². The van der Waals surface area contributed by atoms with Gasteiger partial charge in [-0.1, -0.05) is 101 Å². The number of hydrogen-bond acceptors (Lipinski definition) is 5. The van der Waals surface area contributed by atoms with Gasteiger partial charge in [0, 0.05) is 56.2 Å². The Morgan fingerprint density at radius 2 is 0.773 bits per heavy atom. The minimum Gasteiger partial charge on any atom is -0.457 e. The van der Waals surface area contributed by atoms with E-state index in [-0.39, 0.29) is 0 Å². The van der Waals surface area contributed by atoms with Crippen molar-refractivity contribution in [2.24, 2.45) is 0 Å².